The summed E-state index contributed by atoms with van der Waals surface area (Å²) in [5.74, 6) is -1.71. The van der Waals surface area contributed by atoms with Crippen molar-refractivity contribution < 1.29 is 13.9 Å². The van der Waals surface area contributed by atoms with Crippen LogP contribution in [0.5, 0.6) is 0 Å². The van der Waals surface area contributed by atoms with E-state index in [1.165, 1.54) is 6.07 Å². The highest BCUT2D eigenvalue weighted by molar-refractivity contribution is 5.39. The van der Waals surface area contributed by atoms with Crippen LogP contribution < -0.4 is 5.32 Å². The summed E-state index contributed by atoms with van der Waals surface area (Å²) in [6.07, 6.45) is 3.34. The van der Waals surface area contributed by atoms with Crippen LogP contribution in [0.15, 0.2) is 30.6 Å². The first-order chi connectivity index (χ1) is 8.69. The number of hydrogen-bond donors (Lipinski definition) is 2. The Morgan fingerprint density at radius 1 is 1.28 bits per heavy atom. The maximum atomic E-state index is 13.0. The van der Waals surface area contributed by atoms with Crippen molar-refractivity contribution in [2.45, 2.75) is 13.1 Å². The van der Waals surface area contributed by atoms with E-state index in [-0.39, 0.29) is 6.61 Å². The minimum absolute atomic E-state index is 0.0181. The first-order valence-corrected chi connectivity index (χ1v) is 5.50. The Balaban J connectivity index is 1.95. The van der Waals surface area contributed by atoms with Gasteiger partial charge in [-0.1, -0.05) is 6.07 Å². The molecule has 4 nitrogen and oxygen atoms in total. The lowest BCUT2D eigenvalue weighted by atomic mass is 10.2. The van der Waals surface area contributed by atoms with E-state index in [1.54, 1.807) is 17.1 Å². The van der Waals surface area contributed by atoms with Crippen molar-refractivity contribution in [3.8, 4) is 0 Å². The summed E-state index contributed by atoms with van der Waals surface area (Å²) >= 11 is 0. The standard InChI is InChI=1S/C12H13F2N3O/c13-11-2-1-9(5-12(11)14)6-15-10-7-16-17(8-10)3-4-18/h1-2,5,7-8,15,18H,3-4,6H2. The molecule has 0 aliphatic heterocycles. The van der Waals surface area contributed by atoms with Crippen molar-refractivity contribution >= 4 is 5.69 Å². The van der Waals surface area contributed by atoms with Crippen molar-refractivity contribution in [2.75, 3.05) is 11.9 Å². The zero-order chi connectivity index (χ0) is 13.0. The van der Waals surface area contributed by atoms with Crippen LogP contribution in [0.1, 0.15) is 5.56 Å². The Bertz CT molecular complexity index is 528. The highest BCUT2D eigenvalue weighted by atomic mass is 19.2. The quantitative estimate of drug-likeness (QED) is 0.853. The summed E-state index contributed by atoms with van der Waals surface area (Å²) in [6, 6.07) is 3.77. The van der Waals surface area contributed by atoms with E-state index in [0.717, 1.165) is 17.8 Å². The summed E-state index contributed by atoms with van der Waals surface area (Å²) in [4.78, 5) is 0. The van der Waals surface area contributed by atoms with Gasteiger partial charge in [0.2, 0.25) is 0 Å². The SMILES string of the molecule is OCCn1cc(NCc2ccc(F)c(F)c2)cn1. The van der Waals surface area contributed by atoms with Crippen LogP contribution in [0.3, 0.4) is 0 Å². The van der Waals surface area contributed by atoms with Gasteiger partial charge in [-0.05, 0) is 17.7 Å². The van der Waals surface area contributed by atoms with Crippen LogP contribution in [0.2, 0.25) is 0 Å². The monoisotopic (exact) mass is 253 g/mol. The highest BCUT2D eigenvalue weighted by Crippen LogP contribution is 2.11. The van der Waals surface area contributed by atoms with Gasteiger partial charge in [-0.3, -0.25) is 4.68 Å². The number of aliphatic hydroxyl groups excluding tert-OH is 1. The molecule has 0 radical (unpaired) electrons. The molecule has 2 rings (SSSR count). The first-order valence-electron chi connectivity index (χ1n) is 5.50. The fourth-order valence-electron chi connectivity index (χ4n) is 1.53. The second kappa shape index (κ2) is 5.59. The summed E-state index contributed by atoms with van der Waals surface area (Å²) in [7, 11) is 0. The van der Waals surface area contributed by atoms with E-state index in [1.807, 2.05) is 0 Å². The molecule has 0 aliphatic rings. The van der Waals surface area contributed by atoms with E-state index in [9.17, 15) is 8.78 Å². The fourth-order valence-corrected chi connectivity index (χ4v) is 1.53. The molecule has 0 atom stereocenters. The lowest BCUT2D eigenvalue weighted by Crippen LogP contribution is -2.02. The first kappa shape index (κ1) is 12.5. The van der Waals surface area contributed by atoms with Crippen LogP contribution in [0.4, 0.5) is 14.5 Å². The Kier molecular flexibility index (Phi) is 3.88. The summed E-state index contributed by atoms with van der Waals surface area (Å²) in [5.41, 5.74) is 1.40. The van der Waals surface area contributed by atoms with Gasteiger partial charge in [0.15, 0.2) is 11.6 Å². The Hall–Kier alpha value is -1.95. The highest BCUT2D eigenvalue weighted by Gasteiger charge is 2.03. The Labute approximate surface area is 103 Å². The van der Waals surface area contributed by atoms with Gasteiger partial charge >= 0.3 is 0 Å². The zero-order valence-electron chi connectivity index (χ0n) is 9.61. The predicted molar refractivity (Wildman–Crippen MR) is 63.0 cm³/mol. The van der Waals surface area contributed by atoms with Gasteiger partial charge in [0.1, 0.15) is 0 Å². The van der Waals surface area contributed by atoms with Crippen LogP contribution in [-0.4, -0.2) is 21.5 Å². The molecular formula is C12H13F2N3O. The van der Waals surface area contributed by atoms with Crippen LogP contribution in [0.25, 0.3) is 0 Å². The number of hydrogen-bond acceptors (Lipinski definition) is 3. The van der Waals surface area contributed by atoms with Crippen molar-refractivity contribution in [1.82, 2.24) is 9.78 Å². The van der Waals surface area contributed by atoms with E-state index in [4.69, 9.17) is 5.11 Å². The fraction of sp³-hybridized carbons (Fsp3) is 0.250. The van der Waals surface area contributed by atoms with Gasteiger partial charge in [0.05, 0.1) is 25.0 Å². The van der Waals surface area contributed by atoms with E-state index in [0.29, 0.717) is 18.7 Å². The molecule has 1 heterocycles. The molecule has 18 heavy (non-hydrogen) atoms. The van der Waals surface area contributed by atoms with E-state index in [2.05, 4.69) is 10.4 Å². The molecule has 6 heteroatoms. The predicted octanol–water partition coefficient (Wildman–Crippen LogP) is 1.77. The smallest absolute Gasteiger partial charge is 0.159 e. The maximum absolute atomic E-state index is 13.0. The number of nitrogens with zero attached hydrogens (tertiary/aromatic N) is 2. The summed E-state index contributed by atoms with van der Waals surface area (Å²) in [5, 5.41) is 15.8. The topological polar surface area (TPSA) is 50.1 Å². The third-order valence-corrected chi connectivity index (χ3v) is 2.44. The molecule has 0 aliphatic carbocycles. The minimum Gasteiger partial charge on any atom is -0.394 e. The molecular weight excluding hydrogens is 240 g/mol. The third-order valence-electron chi connectivity index (χ3n) is 2.44. The molecule has 2 aromatic rings. The van der Waals surface area contributed by atoms with E-state index >= 15 is 0 Å². The van der Waals surface area contributed by atoms with Gasteiger partial charge in [-0.25, -0.2) is 8.78 Å². The molecule has 2 N–H and O–H groups in total. The van der Waals surface area contributed by atoms with Gasteiger partial charge < -0.3 is 10.4 Å². The Morgan fingerprint density at radius 2 is 2.11 bits per heavy atom. The lowest BCUT2D eigenvalue weighted by Gasteiger charge is -2.04. The van der Waals surface area contributed by atoms with E-state index < -0.39 is 11.6 Å². The molecule has 0 amide bonds. The molecule has 0 fully saturated rings. The van der Waals surface area contributed by atoms with Gasteiger partial charge in [-0.15, -0.1) is 0 Å². The van der Waals surface area contributed by atoms with Crippen molar-refractivity contribution in [3.63, 3.8) is 0 Å². The lowest BCUT2D eigenvalue weighted by molar-refractivity contribution is 0.269. The normalized spacial score (nSPS) is 10.6. The van der Waals surface area contributed by atoms with Crippen LogP contribution in [-0.2, 0) is 13.1 Å². The molecule has 0 bridgehead atoms. The number of nitrogens with one attached hydrogen (secondary N) is 1. The second-order valence-corrected chi connectivity index (χ2v) is 3.82. The molecule has 0 spiro atoms. The number of aliphatic hydroxyl groups is 1. The number of benzene rings is 1. The molecule has 96 valence electrons. The zero-order valence-corrected chi connectivity index (χ0v) is 9.61. The van der Waals surface area contributed by atoms with Crippen molar-refractivity contribution in [3.05, 3.63) is 47.8 Å². The molecule has 1 aromatic heterocycles. The van der Waals surface area contributed by atoms with Crippen LogP contribution >= 0.6 is 0 Å². The number of anilines is 1. The van der Waals surface area contributed by atoms with Gasteiger partial charge in [-0.2, -0.15) is 5.10 Å². The minimum atomic E-state index is -0.856. The number of halogens is 2. The van der Waals surface area contributed by atoms with Gasteiger partial charge in [0.25, 0.3) is 0 Å². The molecule has 0 unspecified atom stereocenters. The van der Waals surface area contributed by atoms with Crippen LogP contribution in [0, 0.1) is 11.6 Å². The maximum Gasteiger partial charge on any atom is 0.159 e. The third kappa shape index (κ3) is 3.04. The summed E-state index contributed by atoms with van der Waals surface area (Å²) in [6.45, 7) is 0.819. The van der Waals surface area contributed by atoms with Gasteiger partial charge in [0, 0.05) is 12.7 Å². The largest absolute Gasteiger partial charge is 0.394 e. The average Bonchev–Trinajstić information content (AvgIpc) is 2.79. The average molecular weight is 253 g/mol. The number of rotatable bonds is 5. The Morgan fingerprint density at radius 3 is 2.83 bits per heavy atom. The number of aromatic nitrogens is 2. The molecule has 0 saturated carbocycles. The van der Waals surface area contributed by atoms with Crippen molar-refractivity contribution in [1.29, 1.82) is 0 Å². The van der Waals surface area contributed by atoms with Crippen molar-refractivity contribution in [2.24, 2.45) is 0 Å². The second-order valence-electron chi connectivity index (χ2n) is 3.82. The molecule has 1 aromatic carbocycles. The summed E-state index contributed by atoms with van der Waals surface area (Å²) < 4.78 is 27.3. The molecule has 0 saturated heterocycles.